The molecule has 1 aromatic carbocycles. The van der Waals surface area contributed by atoms with Crippen molar-refractivity contribution < 1.29 is 4.79 Å². The Morgan fingerprint density at radius 1 is 0.861 bits per heavy atom. The average Bonchev–Trinajstić information content (AvgIpc) is 2.80. The number of hydrogen-bond donors (Lipinski definition) is 3. The minimum atomic E-state index is -1.76. The summed E-state index contributed by atoms with van der Waals surface area (Å²) in [7, 11) is 0. The van der Waals surface area contributed by atoms with E-state index in [9.17, 15) is 4.79 Å². The molecule has 9 heteroatoms. The number of amides is 1. The van der Waals surface area contributed by atoms with Gasteiger partial charge in [-0.15, -0.1) is 0 Å². The second-order valence-corrected chi connectivity index (χ2v) is 13.0. The molecule has 0 fully saturated rings. The number of thiocarbonyl (C=S) groups is 1. The van der Waals surface area contributed by atoms with Gasteiger partial charge in [0.2, 0.25) is 9.70 Å². The average molecular weight is 644 g/mol. The summed E-state index contributed by atoms with van der Waals surface area (Å²) < 4.78 is -0.849. The fourth-order valence-electron chi connectivity index (χ4n) is 3.95. The number of halogens is 4. The zero-order valence-corrected chi connectivity index (χ0v) is 26.2. The third-order valence-electron chi connectivity index (χ3n) is 6.00. The van der Waals surface area contributed by atoms with Gasteiger partial charge in [-0.05, 0) is 36.8 Å². The van der Waals surface area contributed by atoms with Crippen LogP contribution in [-0.2, 0) is 4.79 Å². The zero-order chi connectivity index (χ0) is 26.7. The van der Waals surface area contributed by atoms with Crippen LogP contribution in [0.15, 0.2) is 28.7 Å². The Morgan fingerprint density at radius 3 is 1.83 bits per heavy atom. The van der Waals surface area contributed by atoms with Crippen LogP contribution in [0.3, 0.4) is 0 Å². The highest BCUT2D eigenvalue weighted by atomic mass is 79.9. The maximum atomic E-state index is 12.4. The fraction of sp³-hybridized carbons (Fsp3) is 0.704. The number of hydrogen-bond acceptors (Lipinski definition) is 2. The fourth-order valence-corrected chi connectivity index (χ4v) is 4.92. The molecule has 0 radical (unpaired) electrons. The first-order valence-electron chi connectivity index (χ1n) is 13.4. The van der Waals surface area contributed by atoms with Crippen LogP contribution >= 0.6 is 63.0 Å². The van der Waals surface area contributed by atoms with Gasteiger partial charge < -0.3 is 16.0 Å². The summed E-state index contributed by atoms with van der Waals surface area (Å²) in [6, 6.07) is 7.51. The predicted octanol–water partition coefficient (Wildman–Crippen LogP) is 9.81. The van der Waals surface area contributed by atoms with E-state index >= 15 is 0 Å². The summed E-state index contributed by atoms with van der Waals surface area (Å²) in [4.78, 5) is 12.4. The molecule has 4 nitrogen and oxygen atoms in total. The molecule has 1 unspecified atom stereocenters. The molecule has 0 spiro atoms. The van der Waals surface area contributed by atoms with Crippen LogP contribution in [0.4, 0.5) is 5.69 Å². The maximum absolute atomic E-state index is 12.4. The molecule has 1 atom stereocenters. The van der Waals surface area contributed by atoms with Crippen molar-refractivity contribution in [1.29, 1.82) is 0 Å². The molecular formula is C27H43BrCl3N3OS. The first-order valence-corrected chi connectivity index (χ1v) is 15.7. The van der Waals surface area contributed by atoms with E-state index in [1.807, 2.05) is 24.3 Å². The molecule has 0 aromatic heterocycles. The number of unbranched alkanes of at least 4 members (excludes halogenated alkanes) is 14. The van der Waals surface area contributed by atoms with Crippen LogP contribution in [0.2, 0.25) is 0 Å². The molecule has 0 heterocycles. The number of nitrogens with one attached hydrogen (secondary N) is 3. The normalized spacial score (nSPS) is 12.2. The zero-order valence-electron chi connectivity index (χ0n) is 21.5. The van der Waals surface area contributed by atoms with E-state index < -0.39 is 9.96 Å². The molecule has 3 N–H and O–H groups in total. The van der Waals surface area contributed by atoms with E-state index in [0.29, 0.717) is 6.42 Å². The number of alkyl halides is 3. The molecule has 0 aliphatic rings. The molecule has 0 aliphatic carbocycles. The highest BCUT2D eigenvalue weighted by Gasteiger charge is 2.34. The van der Waals surface area contributed by atoms with Crippen molar-refractivity contribution in [1.82, 2.24) is 10.6 Å². The highest BCUT2D eigenvalue weighted by molar-refractivity contribution is 9.10. The number of carbonyl (C=O) groups excluding carboxylic acids is 1. The van der Waals surface area contributed by atoms with Crippen molar-refractivity contribution in [3.05, 3.63) is 28.7 Å². The monoisotopic (exact) mass is 641 g/mol. The minimum Gasteiger partial charge on any atom is -0.339 e. The lowest BCUT2D eigenvalue weighted by molar-refractivity contribution is -0.122. The third kappa shape index (κ3) is 18.1. The number of carbonyl (C=O) groups is 1. The van der Waals surface area contributed by atoms with Crippen molar-refractivity contribution in [2.24, 2.45) is 0 Å². The molecule has 206 valence electrons. The van der Waals surface area contributed by atoms with Crippen molar-refractivity contribution >= 4 is 79.7 Å². The smallest absolute Gasteiger partial charge is 0.228 e. The van der Waals surface area contributed by atoms with Gasteiger partial charge in [0.25, 0.3) is 0 Å². The van der Waals surface area contributed by atoms with Gasteiger partial charge in [0, 0.05) is 16.6 Å². The van der Waals surface area contributed by atoms with E-state index in [1.165, 1.54) is 77.0 Å². The second kappa shape index (κ2) is 20.7. The van der Waals surface area contributed by atoms with Crippen LogP contribution in [0.25, 0.3) is 0 Å². The SMILES string of the molecule is CCCCCCCCCCCCCCCCCC(=O)NC(NC(=S)Nc1cccc(Br)c1)C(Cl)(Cl)Cl. The predicted molar refractivity (Wildman–Crippen MR) is 165 cm³/mol. The van der Waals surface area contributed by atoms with Crippen molar-refractivity contribution in [3.8, 4) is 0 Å². The van der Waals surface area contributed by atoms with Crippen LogP contribution in [-0.4, -0.2) is 21.0 Å². The summed E-state index contributed by atoms with van der Waals surface area (Å²) in [5, 5.41) is 8.91. The summed E-state index contributed by atoms with van der Waals surface area (Å²) in [5.41, 5.74) is 0.772. The largest absolute Gasteiger partial charge is 0.339 e. The minimum absolute atomic E-state index is 0.168. The lowest BCUT2D eigenvalue weighted by Gasteiger charge is -2.27. The van der Waals surface area contributed by atoms with Crippen LogP contribution in [0.5, 0.6) is 0 Å². The second-order valence-electron chi connectivity index (χ2n) is 9.35. The topological polar surface area (TPSA) is 53.2 Å². The molecule has 0 bridgehead atoms. The molecule has 0 saturated heterocycles. The summed E-state index contributed by atoms with van der Waals surface area (Å²) in [6.07, 6.45) is 18.7. The van der Waals surface area contributed by atoms with Gasteiger partial charge in [-0.25, -0.2) is 0 Å². The van der Waals surface area contributed by atoms with E-state index in [-0.39, 0.29) is 11.0 Å². The Labute approximate surface area is 247 Å². The van der Waals surface area contributed by atoms with Gasteiger partial charge in [-0.2, -0.15) is 0 Å². The summed E-state index contributed by atoms with van der Waals surface area (Å²) >= 11 is 26.9. The van der Waals surface area contributed by atoms with Crippen LogP contribution in [0, 0.1) is 0 Å². The quantitative estimate of drug-likeness (QED) is 0.0608. The van der Waals surface area contributed by atoms with Gasteiger partial charge >= 0.3 is 0 Å². The maximum Gasteiger partial charge on any atom is 0.228 e. The Balaban J connectivity index is 2.12. The van der Waals surface area contributed by atoms with Gasteiger partial charge in [-0.3, -0.25) is 4.79 Å². The van der Waals surface area contributed by atoms with Crippen molar-refractivity contribution in [2.75, 3.05) is 5.32 Å². The van der Waals surface area contributed by atoms with Gasteiger partial charge in [0.1, 0.15) is 6.17 Å². The van der Waals surface area contributed by atoms with Crippen molar-refractivity contribution in [3.63, 3.8) is 0 Å². The molecule has 1 rings (SSSR count). The first kappa shape index (κ1) is 33.8. The number of rotatable bonds is 19. The van der Waals surface area contributed by atoms with E-state index in [4.69, 9.17) is 47.0 Å². The number of anilines is 1. The van der Waals surface area contributed by atoms with E-state index in [2.05, 4.69) is 38.8 Å². The number of benzene rings is 1. The van der Waals surface area contributed by atoms with Crippen molar-refractivity contribution in [2.45, 2.75) is 120 Å². The molecule has 36 heavy (non-hydrogen) atoms. The lowest BCUT2D eigenvalue weighted by atomic mass is 10.0. The summed E-state index contributed by atoms with van der Waals surface area (Å²) in [5.74, 6) is -0.168. The van der Waals surface area contributed by atoms with Gasteiger partial charge in [0.15, 0.2) is 5.11 Å². The Hall–Kier alpha value is -0.270. The molecule has 1 aromatic rings. The van der Waals surface area contributed by atoms with Gasteiger partial charge in [0.05, 0.1) is 0 Å². The van der Waals surface area contributed by atoms with Gasteiger partial charge in [-0.1, -0.05) is 154 Å². The van der Waals surface area contributed by atoms with E-state index in [0.717, 1.165) is 29.4 Å². The lowest BCUT2D eigenvalue weighted by Crippen LogP contribution is -2.56. The molecule has 0 saturated carbocycles. The third-order valence-corrected chi connectivity index (χ3v) is 7.37. The van der Waals surface area contributed by atoms with Crippen LogP contribution < -0.4 is 16.0 Å². The Kier molecular flexibility index (Phi) is 19.4. The molecule has 1 amide bonds. The first-order chi connectivity index (χ1) is 17.2. The Morgan fingerprint density at radius 2 is 1.36 bits per heavy atom. The summed E-state index contributed by atoms with van der Waals surface area (Å²) in [6.45, 7) is 2.27. The van der Waals surface area contributed by atoms with E-state index in [1.54, 1.807) is 0 Å². The highest BCUT2D eigenvalue weighted by Crippen LogP contribution is 2.29. The molecular weight excluding hydrogens is 601 g/mol. The standard InChI is InChI=1S/C27H43BrCl3N3OS/c1-2-3-4-5-6-7-8-9-10-11-12-13-14-15-16-20-24(35)33-25(27(29,30)31)34-26(36)32-23-19-17-18-22(28)21-23/h17-19,21,25H,2-16,20H2,1H3,(H,33,35)(H2,32,34,36). The van der Waals surface area contributed by atoms with Crippen LogP contribution in [0.1, 0.15) is 110 Å². The Bertz CT molecular complexity index is 749. The molecule has 0 aliphatic heterocycles.